The van der Waals surface area contributed by atoms with Crippen LogP contribution in [0.15, 0.2) is 12.1 Å². The van der Waals surface area contributed by atoms with Gasteiger partial charge in [0.05, 0.1) is 5.69 Å². The molecule has 0 saturated heterocycles. The molecule has 5 heteroatoms. The maximum Gasteiger partial charge on any atom is 0.224 e. The quantitative estimate of drug-likeness (QED) is 0.824. The molecule has 0 spiro atoms. The Balaban J connectivity index is 1.88. The molecule has 0 atom stereocenters. The molecule has 1 amide bonds. The Morgan fingerprint density at radius 2 is 1.95 bits per heavy atom. The molecule has 3 N–H and O–H groups in total. The molecule has 3 nitrogen and oxygen atoms in total. The van der Waals surface area contributed by atoms with Gasteiger partial charge in [0.2, 0.25) is 5.91 Å². The van der Waals surface area contributed by atoms with E-state index in [-0.39, 0.29) is 17.3 Å². The molecular weight excluding hydrogens is 262 g/mol. The number of carbonyl (C=O) groups excluding carboxylic acids is 1. The molecule has 110 valence electrons. The van der Waals surface area contributed by atoms with Gasteiger partial charge in [0.1, 0.15) is 11.5 Å². The van der Waals surface area contributed by atoms with E-state index in [0.717, 1.165) is 12.5 Å². The molecule has 0 aliphatic heterocycles. The molecule has 1 aromatic rings. The second kappa shape index (κ2) is 6.68. The van der Waals surface area contributed by atoms with Crippen molar-refractivity contribution in [2.75, 3.05) is 11.1 Å². The summed E-state index contributed by atoms with van der Waals surface area (Å²) in [6.45, 7) is 0. The third-order valence-corrected chi connectivity index (χ3v) is 3.85. The minimum absolute atomic E-state index is 0.0893. The van der Waals surface area contributed by atoms with E-state index in [1.807, 2.05) is 0 Å². The monoisotopic (exact) mass is 282 g/mol. The maximum absolute atomic E-state index is 13.5. The van der Waals surface area contributed by atoms with Crippen LogP contribution in [0.4, 0.5) is 20.2 Å². The summed E-state index contributed by atoms with van der Waals surface area (Å²) in [6.07, 6.45) is 7.23. The minimum atomic E-state index is -0.839. The van der Waals surface area contributed by atoms with Crippen molar-refractivity contribution in [2.24, 2.45) is 5.92 Å². The van der Waals surface area contributed by atoms with Gasteiger partial charge in [0.25, 0.3) is 0 Å². The number of amides is 1. The molecule has 0 radical (unpaired) electrons. The zero-order valence-corrected chi connectivity index (χ0v) is 11.4. The van der Waals surface area contributed by atoms with Gasteiger partial charge >= 0.3 is 0 Å². The van der Waals surface area contributed by atoms with E-state index in [9.17, 15) is 13.6 Å². The highest BCUT2D eigenvalue weighted by Crippen LogP contribution is 2.28. The van der Waals surface area contributed by atoms with E-state index in [4.69, 9.17) is 5.73 Å². The molecule has 1 aliphatic rings. The summed E-state index contributed by atoms with van der Waals surface area (Å²) in [4.78, 5) is 11.8. The van der Waals surface area contributed by atoms with E-state index in [1.165, 1.54) is 32.1 Å². The van der Waals surface area contributed by atoms with Gasteiger partial charge in [-0.1, -0.05) is 32.1 Å². The lowest BCUT2D eigenvalue weighted by atomic mass is 9.86. The molecular formula is C15H20F2N2O. The van der Waals surface area contributed by atoms with Gasteiger partial charge in [0.15, 0.2) is 5.82 Å². The zero-order chi connectivity index (χ0) is 14.5. The van der Waals surface area contributed by atoms with Crippen LogP contribution in [0.25, 0.3) is 0 Å². The van der Waals surface area contributed by atoms with Crippen molar-refractivity contribution in [1.82, 2.24) is 0 Å². The second-order valence-corrected chi connectivity index (χ2v) is 5.44. The topological polar surface area (TPSA) is 55.1 Å². The Labute approximate surface area is 117 Å². The third-order valence-electron chi connectivity index (χ3n) is 3.85. The molecule has 20 heavy (non-hydrogen) atoms. The standard InChI is InChI=1S/C15H20F2N2O/c16-11-8-12(17)15(13(18)9-11)19-14(20)7-6-10-4-2-1-3-5-10/h8-10H,1-7,18H2,(H,19,20). The van der Waals surface area contributed by atoms with Gasteiger partial charge in [0, 0.05) is 12.5 Å². The first-order chi connectivity index (χ1) is 9.56. The average Bonchev–Trinajstić information content (AvgIpc) is 2.42. The van der Waals surface area contributed by atoms with Crippen molar-refractivity contribution < 1.29 is 13.6 Å². The molecule has 1 saturated carbocycles. The number of hydrogen-bond donors (Lipinski definition) is 2. The predicted molar refractivity (Wildman–Crippen MR) is 75.2 cm³/mol. The van der Waals surface area contributed by atoms with E-state index < -0.39 is 11.6 Å². The van der Waals surface area contributed by atoms with Crippen LogP contribution >= 0.6 is 0 Å². The van der Waals surface area contributed by atoms with E-state index in [0.29, 0.717) is 18.4 Å². The van der Waals surface area contributed by atoms with Crippen LogP contribution in [0.1, 0.15) is 44.9 Å². The van der Waals surface area contributed by atoms with Crippen LogP contribution in [0.3, 0.4) is 0 Å². The maximum atomic E-state index is 13.5. The summed E-state index contributed by atoms with van der Waals surface area (Å²) < 4.78 is 26.4. The summed E-state index contributed by atoms with van der Waals surface area (Å²) in [5, 5.41) is 2.44. The van der Waals surface area contributed by atoms with Crippen LogP contribution in [-0.2, 0) is 4.79 Å². The van der Waals surface area contributed by atoms with Crippen molar-refractivity contribution in [2.45, 2.75) is 44.9 Å². The summed E-state index contributed by atoms with van der Waals surface area (Å²) in [5.41, 5.74) is 5.30. The van der Waals surface area contributed by atoms with Crippen molar-refractivity contribution in [3.63, 3.8) is 0 Å². The number of rotatable bonds is 4. The van der Waals surface area contributed by atoms with Gasteiger partial charge in [-0.05, 0) is 18.4 Å². The Morgan fingerprint density at radius 1 is 1.25 bits per heavy atom. The molecule has 0 heterocycles. The normalized spacial score (nSPS) is 16.1. The highest BCUT2D eigenvalue weighted by atomic mass is 19.1. The van der Waals surface area contributed by atoms with Crippen LogP contribution in [-0.4, -0.2) is 5.91 Å². The van der Waals surface area contributed by atoms with E-state index in [2.05, 4.69) is 5.32 Å². The number of carbonyl (C=O) groups is 1. The number of nitrogens with one attached hydrogen (secondary N) is 1. The molecule has 1 fully saturated rings. The number of nitrogen functional groups attached to an aromatic ring is 1. The molecule has 0 bridgehead atoms. The number of halogens is 2. The van der Waals surface area contributed by atoms with Gasteiger partial charge in [-0.2, -0.15) is 0 Å². The number of hydrogen-bond acceptors (Lipinski definition) is 2. The lowest BCUT2D eigenvalue weighted by Crippen LogP contribution is -2.16. The molecule has 2 rings (SSSR count). The third kappa shape index (κ3) is 3.92. The fraction of sp³-hybridized carbons (Fsp3) is 0.533. The number of benzene rings is 1. The van der Waals surface area contributed by atoms with Crippen molar-refractivity contribution >= 4 is 17.3 Å². The first-order valence-corrected chi connectivity index (χ1v) is 7.10. The van der Waals surface area contributed by atoms with Crippen molar-refractivity contribution in [3.05, 3.63) is 23.8 Å². The summed E-state index contributed by atoms with van der Waals surface area (Å²) in [6, 6.07) is 1.72. The molecule has 1 aromatic carbocycles. The average molecular weight is 282 g/mol. The van der Waals surface area contributed by atoms with Gasteiger partial charge in [-0.25, -0.2) is 8.78 Å². The summed E-state index contributed by atoms with van der Waals surface area (Å²) in [5.74, 6) is -1.27. The van der Waals surface area contributed by atoms with Crippen LogP contribution in [0.5, 0.6) is 0 Å². The molecule has 0 aromatic heterocycles. The highest BCUT2D eigenvalue weighted by Gasteiger charge is 2.16. The van der Waals surface area contributed by atoms with Crippen molar-refractivity contribution in [3.8, 4) is 0 Å². The predicted octanol–water partition coefficient (Wildman–Crippen LogP) is 3.85. The molecule has 0 unspecified atom stereocenters. The van der Waals surface area contributed by atoms with Crippen LogP contribution in [0, 0.1) is 17.6 Å². The highest BCUT2D eigenvalue weighted by molar-refractivity contribution is 5.93. The van der Waals surface area contributed by atoms with Crippen LogP contribution in [0.2, 0.25) is 0 Å². The fourth-order valence-electron chi connectivity index (χ4n) is 2.74. The Bertz CT molecular complexity index is 462. The summed E-state index contributed by atoms with van der Waals surface area (Å²) in [7, 11) is 0. The van der Waals surface area contributed by atoms with E-state index in [1.54, 1.807) is 0 Å². The first kappa shape index (κ1) is 14.8. The lowest BCUT2D eigenvalue weighted by molar-refractivity contribution is -0.116. The fourth-order valence-corrected chi connectivity index (χ4v) is 2.74. The Kier molecular flexibility index (Phi) is 4.93. The smallest absolute Gasteiger partial charge is 0.224 e. The van der Waals surface area contributed by atoms with Gasteiger partial charge in [-0.15, -0.1) is 0 Å². The Morgan fingerprint density at radius 3 is 2.60 bits per heavy atom. The SMILES string of the molecule is Nc1cc(F)cc(F)c1NC(=O)CCC1CCCCC1. The number of anilines is 2. The zero-order valence-electron chi connectivity index (χ0n) is 11.4. The Hall–Kier alpha value is -1.65. The van der Waals surface area contributed by atoms with Crippen molar-refractivity contribution in [1.29, 1.82) is 0 Å². The second-order valence-electron chi connectivity index (χ2n) is 5.44. The summed E-state index contributed by atoms with van der Waals surface area (Å²) >= 11 is 0. The van der Waals surface area contributed by atoms with Crippen LogP contribution < -0.4 is 11.1 Å². The van der Waals surface area contributed by atoms with Gasteiger partial charge < -0.3 is 11.1 Å². The largest absolute Gasteiger partial charge is 0.397 e. The number of nitrogens with two attached hydrogens (primary N) is 1. The van der Waals surface area contributed by atoms with E-state index >= 15 is 0 Å². The van der Waals surface area contributed by atoms with Gasteiger partial charge in [-0.3, -0.25) is 4.79 Å². The molecule has 1 aliphatic carbocycles. The first-order valence-electron chi connectivity index (χ1n) is 7.10. The minimum Gasteiger partial charge on any atom is -0.397 e. The lowest BCUT2D eigenvalue weighted by Gasteiger charge is -2.21.